The van der Waals surface area contributed by atoms with Crippen molar-refractivity contribution < 1.29 is 8.94 Å². The van der Waals surface area contributed by atoms with Crippen LogP contribution in [0.4, 0.5) is 0 Å². The predicted octanol–water partition coefficient (Wildman–Crippen LogP) is 2.50. The fourth-order valence-electron chi connectivity index (χ4n) is 2.39. The van der Waals surface area contributed by atoms with Crippen LogP contribution in [0.25, 0.3) is 0 Å². The van der Waals surface area contributed by atoms with Crippen molar-refractivity contribution in [3.63, 3.8) is 0 Å². The number of aromatic nitrogens is 3. The molecular weight excluding hydrogens is 268 g/mol. The first kappa shape index (κ1) is 13.6. The SMILES string of the molecule is Cc1noc(C)c1CNC(c1ccco1)c1nccn1C. The van der Waals surface area contributed by atoms with E-state index < -0.39 is 0 Å². The van der Waals surface area contributed by atoms with Crippen LogP contribution in [-0.2, 0) is 13.6 Å². The van der Waals surface area contributed by atoms with E-state index in [2.05, 4.69) is 15.5 Å². The molecule has 0 radical (unpaired) electrons. The van der Waals surface area contributed by atoms with Crippen LogP contribution in [0.5, 0.6) is 0 Å². The lowest BCUT2D eigenvalue weighted by atomic mass is 10.1. The molecule has 0 aliphatic heterocycles. The third-order valence-corrected chi connectivity index (χ3v) is 3.61. The third kappa shape index (κ3) is 2.62. The maximum absolute atomic E-state index is 5.55. The van der Waals surface area contributed by atoms with Crippen molar-refractivity contribution in [3.05, 3.63) is 59.4 Å². The molecule has 3 heterocycles. The Hall–Kier alpha value is -2.34. The van der Waals surface area contributed by atoms with E-state index in [-0.39, 0.29) is 6.04 Å². The first-order valence-electron chi connectivity index (χ1n) is 6.82. The van der Waals surface area contributed by atoms with Crippen LogP contribution in [0, 0.1) is 13.8 Å². The van der Waals surface area contributed by atoms with E-state index in [0.29, 0.717) is 6.54 Å². The van der Waals surface area contributed by atoms with Gasteiger partial charge in [0.15, 0.2) is 0 Å². The molecule has 0 aliphatic carbocycles. The van der Waals surface area contributed by atoms with Crippen LogP contribution < -0.4 is 5.32 Å². The molecule has 1 unspecified atom stereocenters. The summed E-state index contributed by atoms with van der Waals surface area (Å²) in [5.74, 6) is 2.56. The zero-order chi connectivity index (χ0) is 14.8. The fourth-order valence-corrected chi connectivity index (χ4v) is 2.39. The maximum atomic E-state index is 5.55. The Bertz CT molecular complexity index is 692. The second-order valence-corrected chi connectivity index (χ2v) is 5.03. The molecule has 0 saturated heterocycles. The van der Waals surface area contributed by atoms with Gasteiger partial charge in [-0.2, -0.15) is 0 Å². The van der Waals surface area contributed by atoms with Gasteiger partial charge in [0.2, 0.25) is 0 Å². The van der Waals surface area contributed by atoms with Gasteiger partial charge in [0.05, 0.1) is 12.0 Å². The molecule has 6 heteroatoms. The first-order valence-corrected chi connectivity index (χ1v) is 6.82. The second-order valence-electron chi connectivity index (χ2n) is 5.03. The molecule has 0 amide bonds. The van der Waals surface area contributed by atoms with E-state index in [9.17, 15) is 0 Å². The molecule has 0 spiro atoms. The summed E-state index contributed by atoms with van der Waals surface area (Å²) in [6.45, 7) is 4.50. The molecule has 21 heavy (non-hydrogen) atoms. The lowest BCUT2D eigenvalue weighted by molar-refractivity contribution is 0.390. The van der Waals surface area contributed by atoms with Crippen molar-refractivity contribution in [3.8, 4) is 0 Å². The molecule has 3 rings (SSSR count). The molecule has 3 aromatic heterocycles. The third-order valence-electron chi connectivity index (χ3n) is 3.61. The number of imidazole rings is 1. The summed E-state index contributed by atoms with van der Waals surface area (Å²) in [6.07, 6.45) is 5.37. The van der Waals surface area contributed by atoms with E-state index in [1.807, 2.05) is 43.8 Å². The average Bonchev–Trinajstić information content (AvgIpc) is 3.18. The predicted molar refractivity (Wildman–Crippen MR) is 76.6 cm³/mol. The summed E-state index contributed by atoms with van der Waals surface area (Å²) in [6, 6.07) is 3.71. The number of aryl methyl sites for hydroxylation is 3. The standard InChI is InChI=1S/C15H18N4O2/c1-10-12(11(2)21-18-10)9-17-14(13-5-4-8-20-13)15-16-6-7-19(15)3/h4-8,14,17H,9H2,1-3H3. The monoisotopic (exact) mass is 286 g/mol. The van der Waals surface area contributed by atoms with Crippen LogP contribution in [0.1, 0.15) is 34.6 Å². The highest BCUT2D eigenvalue weighted by Crippen LogP contribution is 2.22. The molecule has 1 atom stereocenters. The summed E-state index contributed by atoms with van der Waals surface area (Å²) in [5.41, 5.74) is 1.97. The van der Waals surface area contributed by atoms with Crippen molar-refractivity contribution in [1.82, 2.24) is 20.0 Å². The number of furan rings is 1. The Labute approximate surface area is 122 Å². The molecule has 110 valence electrons. The van der Waals surface area contributed by atoms with Crippen molar-refractivity contribution >= 4 is 0 Å². The second kappa shape index (κ2) is 5.57. The summed E-state index contributed by atoms with van der Waals surface area (Å²) in [5, 5.41) is 7.45. The van der Waals surface area contributed by atoms with Crippen molar-refractivity contribution in [2.45, 2.75) is 26.4 Å². The van der Waals surface area contributed by atoms with Gasteiger partial charge in [-0.15, -0.1) is 0 Å². The lowest BCUT2D eigenvalue weighted by Gasteiger charge is -2.16. The Balaban J connectivity index is 1.86. The lowest BCUT2D eigenvalue weighted by Crippen LogP contribution is -2.24. The fraction of sp³-hybridized carbons (Fsp3) is 0.333. The summed E-state index contributed by atoms with van der Waals surface area (Å²) in [7, 11) is 1.97. The van der Waals surface area contributed by atoms with Crippen LogP contribution in [-0.4, -0.2) is 14.7 Å². The Morgan fingerprint density at radius 2 is 2.24 bits per heavy atom. The van der Waals surface area contributed by atoms with Crippen LogP contribution >= 0.6 is 0 Å². The average molecular weight is 286 g/mol. The highest BCUT2D eigenvalue weighted by molar-refractivity contribution is 5.22. The molecule has 3 aromatic rings. The van der Waals surface area contributed by atoms with E-state index in [0.717, 1.165) is 28.6 Å². The number of nitrogens with one attached hydrogen (secondary N) is 1. The largest absolute Gasteiger partial charge is 0.467 e. The summed E-state index contributed by atoms with van der Waals surface area (Å²) < 4.78 is 12.7. The molecule has 0 aliphatic rings. The van der Waals surface area contributed by atoms with E-state index in [4.69, 9.17) is 8.94 Å². The van der Waals surface area contributed by atoms with Crippen molar-refractivity contribution in [1.29, 1.82) is 0 Å². The maximum Gasteiger partial charge on any atom is 0.138 e. The topological polar surface area (TPSA) is 69.0 Å². The van der Waals surface area contributed by atoms with Gasteiger partial charge in [-0.25, -0.2) is 4.98 Å². The van der Waals surface area contributed by atoms with Gasteiger partial charge in [-0.05, 0) is 26.0 Å². The van der Waals surface area contributed by atoms with Gasteiger partial charge in [-0.3, -0.25) is 5.32 Å². The summed E-state index contributed by atoms with van der Waals surface area (Å²) in [4.78, 5) is 4.42. The van der Waals surface area contributed by atoms with Gasteiger partial charge in [0, 0.05) is 31.5 Å². The highest BCUT2D eigenvalue weighted by Gasteiger charge is 2.21. The normalized spacial score (nSPS) is 12.7. The molecule has 0 bridgehead atoms. The molecular formula is C15H18N4O2. The summed E-state index contributed by atoms with van der Waals surface area (Å²) >= 11 is 0. The van der Waals surface area contributed by atoms with Crippen molar-refractivity contribution in [2.75, 3.05) is 0 Å². The van der Waals surface area contributed by atoms with Crippen LogP contribution in [0.3, 0.4) is 0 Å². The molecule has 0 fully saturated rings. The Kier molecular flexibility index (Phi) is 3.62. The Morgan fingerprint density at radius 3 is 2.81 bits per heavy atom. The molecule has 1 N–H and O–H groups in total. The Morgan fingerprint density at radius 1 is 1.38 bits per heavy atom. The van der Waals surface area contributed by atoms with Crippen LogP contribution in [0.2, 0.25) is 0 Å². The number of rotatable bonds is 5. The first-order chi connectivity index (χ1) is 10.2. The zero-order valence-electron chi connectivity index (χ0n) is 12.3. The highest BCUT2D eigenvalue weighted by atomic mass is 16.5. The van der Waals surface area contributed by atoms with Crippen LogP contribution in [0.15, 0.2) is 39.7 Å². The number of nitrogens with zero attached hydrogens (tertiary/aromatic N) is 3. The van der Waals surface area contributed by atoms with Gasteiger partial charge < -0.3 is 13.5 Å². The van der Waals surface area contributed by atoms with Crippen molar-refractivity contribution in [2.24, 2.45) is 7.05 Å². The molecule has 0 saturated carbocycles. The number of hydrogen-bond acceptors (Lipinski definition) is 5. The van der Waals surface area contributed by atoms with Gasteiger partial charge in [0.1, 0.15) is 23.4 Å². The quantitative estimate of drug-likeness (QED) is 0.780. The van der Waals surface area contributed by atoms with E-state index in [1.165, 1.54) is 0 Å². The minimum atomic E-state index is -0.117. The minimum absolute atomic E-state index is 0.117. The number of hydrogen-bond donors (Lipinski definition) is 1. The van der Waals surface area contributed by atoms with Gasteiger partial charge in [-0.1, -0.05) is 5.16 Å². The molecule has 6 nitrogen and oxygen atoms in total. The molecule has 0 aromatic carbocycles. The zero-order valence-corrected chi connectivity index (χ0v) is 12.3. The van der Waals surface area contributed by atoms with Gasteiger partial charge in [0.25, 0.3) is 0 Å². The van der Waals surface area contributed by atoms with Gasteiger partial charge >= 0.3 is 0 Å². The van der Waals surface area contributed by atoms with E-state index >= 15 is 0 Å². The minimum Gasteiger partial charge on any atom is -0.467 e. The smallest absolute Gasteiger partial charge is 0.138 e. The van der Waals surface area contributed by atoms with E-state index in [1.54, 1.807) is 12.5 Å².